The lowest BCUT2D eigenvalue weighted by molar-refractivity contribution is 0.0342. The van der Waals surface area contributed by atoms with Crippen LogP contribution in [0.1, 0.15) is 15.9 Å². The smallest absolute Gasteiger partial charge is 0.255 e. The topological polar surface area (TPSA) is 41.6 Å². The zero-order chi connectivity index (χ0) is 16.1. The van der Waals surface area contributed by atoms with Crippen LogP contribution in [0.5, 0.6) is 0 Å². The van der Waals surface area contributed by atoms with E-state index >= 15 is 0 Å². The molecule has 23 heavy (non-hydrogen) atoms. The predicted octanol–water partition coefficient (Wildman–Crippen LogP) is 3.42. The summed E-state index contributed by atoms with van der Waals surface area (Å²) in [5.41, 5.74) is 2.57. The summed E-state index contributed by atoms with van der Waals surface area (Å²) in [6.07, 6.45) is 0. The fraction of sp³-hybridized carbons (Fsp3) is 0.278. The average Bonchev–Trinajstić information content (AvgIpc) is 2.57. The molecule has 0 aliphatic carbocycles. The first-order chi connectivity index (χ1) is 11.2. The van der Waals surface area contributed by atoms with Crippen molar-refractivity contribution in [3.63, 3.8) is 0 Å². The van der Waals surface area contributed by atoms with Crippen LogP contribution in [0.4, 0.5) is 5.69 Å². The Morgan fingerprint density at radius 3 is 2.61 bits per heavy atom. The molecule has 0 saturated carbocycles. The van der Waals surface area contributed by atoms with Crippen LogP contribution in [0.2, 0.25) is 5.02 Å². The first kappa shape index (κ1) is 16.0. The molecule has 0 aromatic heterocycles. The monoisotopic (exact) mass is 330 g/mol. The highest BCUT2D eigenvalue weighted by molar-refractivity contribution is 6.30. The molecule has 1 aliphatic heterocycles. The molecule has 0 radical (unpaired) electrons. The molecule has 120 valence electrons. The Balaban J connectivity index is 1.64. The van der Waals surface area contributed by atoms with Crippen LogP contribution in [-0.2, 0) is 11.3 Å². The number of rotatable bonds is 4. The number of nitrogens with one attached hydrogen (secondary N) is 1. The highest BCUT2D eigenvalue weighted by atomic mass is 35.5. The molecule has 1 heterocycles. The third-order valence-electron chi connectivity index (χ3n) is 3.80. The molecular formula is C18H19ClN2O2. The lowest BCUT2D eigenvalue weighted by Crippen LogP contribution is -2.35. The van der Waals surface area contributed by atoms with Crippen LogP contribution in [-0.4, -0.2) is 37.1 Å². The Bertz CT molecular complexity index is 667. The summed E-state index contributed by atoms with van der Waals surface area (Å²) in [4.78, 5) is 14.6. The van der Waals surface area contributed by atoms with Gasteiger partial charge in [-0.05, 0) is 42.0 Å². The van der Waals surface area contributed by atoms with Crippen molar-refractivity contribution in [3.05, 3.63) is 64.7 Å². The third-order valence-corrected chi connectivity index (χ3v) is 4.05. The summed E-state index contributed by atoms with van der Waals surface area (Å²) in [5.74, 6) is -0.134. The number of anilines is 1. The maximum atomic E-state index is 12.2. The largest absolute Gasteiger partial charge is 0.379 e. The molecule has 1 fully saturated rings. The van der Waals surface area contributed by atoms with Gasteiger partial charge in [0.05, 0.1) is 13.2 Å². The number of nitrogens with zero attached hydrogens (tertiary/aromatic N) is 1. The van der Waals surface area contributed by atoms with Gasteiger partial charge in [0.1, 0.15) is 0 Å². The van der Waals surface area contributed by atoms with Crippen LogP contribution in [0, 0.1) is 0 Å². The molecule has 3 rings (SSSR count). The van der Waals surface area contributed by atoms with Crippen LogP contribution >= 0.6 is 11.6 Å². The number of ether oxygens (including phenoxy) is 1. The highest BCUT2D eigenvalue weighted by Crippen LogP contribution is 2.16. The molecule has 2 aromatic carbocycles. The average molecular weight is 331 g/mol. The van der Waals surface area contributed by atoms with Crippen molar-refractivity contribution < 1.29 is 9.53 Å². The summed E-state index contributed by atoms with van der Waals surface area (Å²) >= 11 is 5.84. The zero-order valence-corrected chi connectivity index (χ0v) is 13.6. The van der Waals surface area contributed by atoms with E-state index in [0.717, 1.165) is 38.5 Å². The molecule has 4 nitrogen and oxygen atoms in total. The third kappa shape index (κ3) is 4.55. The Kier molecular flexibility index (Phi) is 5.28. The minimum absolute atomic E-state index is 0.134. The van der Waals surface area contributed by atoms with Gasteiger partial charge in [0.15, 0.2) is 0 Å². The van der Waals surface area contributed by atoms with Gasteiger partial charge < -0.3 is 10.1 Å². The predicted molar refractivity (Wildman–Crippen MR) is 91.9 cm³/mol. The second-order valence-corrected chi connectivity index (χ2v) is 5.99. The van der Waals surface area contributed by atoms with Crippen molar-refractivity contribution in [2.24, 2.45) is 0 Å². The molecule has 1 N–H and O–H groups in total. The fourth-order valence-corrected chi connectivity index (χ4v) is 2.70. The Morgan fingerprint density at radius 2 is 1.87 bits per heavy atom. The minimum Gasteiger partial charge on any atom is -0.379 e. The number of hydrogen-bond donors (Lipinski definition) is 1. The van der Waals surface area contributed by atoms with E-state index in [0.29, 0.717) is 10.6 Å². The van der Waals surface area contributed by atoms with Gasteiger partial charge in [0, 0.05) is 35.9 Å². The molecule has 2 aromatic rings. The van der Waals surface area contributed by atoms with E-state index in [9.17, 15) is 4.79 Å². The zero-order valence-electron chi connectivity index (χ0n) is 12.8. The molecule has 1 aliphatic rings. The van der Waals surface area contributed by atoms with Crippen LogP contribution in [0.3, 0.4) is 0 Å². The quantitative estimate of drug-likeness (QED) is 0.934. The van der Waals surface area contributed by atoms with E-state index in [2.05, 4.69) is 16.3 Å². The first-order valence-electron chi connectivity index (χ1n) is 7.67. The summed E-state index contributed by atoms with van der Waals surface area (Å²) in [7, 11) is 0. The highest BCUT2D eigenvalue weighted by Gasteiger charge is 2.11. The van der Waals surface area contributed by atoms with Gasteiger partial charge in [-0.1, -0.05) is 23.7 Å². The van der Waals surface area contributed by atoms with Crippen molar-refractivity contribution in [1.29, 1.82) is 0 Å². The Hall–Kier alpha value is -1.88. The normalized spacial score (nSPS) is 15.3. The van der Waals surface area contributed by atoms with Crippen LogP contribution in [0.25, 0.3) is 0 Å². The van der Waals surface area contributed by atoms with E-state index in [1.165, 1.54) is 5.56 Å². The summed E-state index contributed by atoms with van der Waals surface area (Å²) in [5, 5.41) is 3.55. The molecule has 0 bridgehead atoms. The van der Waals surface area contributed by atoms with Crippen molar-refractivity contribution in [2.75, 3.05) is 31.6 Å². The SMILES string of the molecule is O=C(Nc1cccc(CN2CCOCC2)c1)c1ccc(Cl)cc1. The van der Waals surface area contributed by atoms with Gasteiger partial charge in [-0.2, -0.15) is 0 Å². The molecule has 0 unspecified atom stereocenters. The second-order valence-electron chi connectivity index (χ2n) is 5.55. The van der Waals surface area contributed by atoms with Crippen molar-refractivity contribution in [2.45, 2.75) is 6.54 Å². The summed E-state index contributed by atoms with van der Waals surface area (Å²) < 4.78 is 5.36. The second kappa shape index (κ2) is 7.59. The van der Waals surface area contributed by atoms with Gasteiger partial charge in [-0.3, -0.25) is 9.69 Å². The lowest BCUT2D eigenvalue weighted by Gasteiger charge is -2.26. The standard InChI is InChI=1S/C18H19ClN2O2/c19-16-6-4-15(5-7-16)18(22)20-17-3-1-2-14(12-17)13-21-8-10-23-11-9-21/h1-7,12H,8-11,13H2,(H,20,22). The molecular weight excluding hydrogens is 312 g/mol. The van der Waals surface area contributed by atoms with Gasteiger partial charge >= 0.3 is 0 Å². The number of hydrogen-bond acceptors (Lipinski definition) is 3. The van der Waals surface area contributed by atoms with Crippen molar-refractivity contribution in [3.8, 4) is 0 Å². The first-order valence-corrected chi connectivity index (χ1v) is 8.04. The van der Waals surface area contributed by atoms with Crippen molar-refractivity contribution in [1.82, 2.24) is 4.90 Å². The number of carbonyl (C=O) groups excluding carboxylic acids is 1. The number of carbonyl (C=O) groups is 1. The minimum atomic E-state index is -0.134. The number of halogens is 1. The van der Waals surface area contributed by atoms with E-state index in [-0.39, 0.29) is 5.91 Å². The van der Waals surface area contributed by atoms with Crippen LogP contribution < -0.4 is 5.32 Å². The Morgan fingerprint density at radius 1 is 1.13 bits per heavy atom. The van der Waals surface area contributed by atoms with Crippen LogP contribution in [0.15, 0.2) is 48.5 Å². The summed E-state index contributed by atoms with van der Waals surface area (Å²) in [6.45, 7) is 4.33. The maximum absolute atomic E-state index is 12.2. The number of amides is 1. The molecule has 0 atom stereocenters. The van der Waals surface area contributed by atoms with Crippen molar-refractivity contribution >= 4 is 23.2 Å². The molecule has 5 heteroatoms. The van der Waals surface area contributed by atoms with E-state index in [1.807, 2.05) is 18.2 Å². The van der Waals surface area contributed by atoms with E-state index < -0.39 is 0 Å². The molecule has 1 amide bonds. The van der Waals surface area contributed by atoms with Gasteiger partial charge in [0.2, 0.25) is 0 Å². The number of benzene rings is 2. The van der Waals surface area contributed by atoms with E-state index in [4.69, 9.17) is 16.3 Å². The lowest BCUT2D eigenvalue weighted by atomic mass is 10.1. The van der Waals surface area contributed by atoms with Gasteiger partial charge in [0.25, 0.3) is 5.91 Å². The van der Waals surface area contributed by atoms with Gasteiger partial charge in [-0.15, -0.1) is 0 Å². The van der Waals surface area contributed by atoms with Gasteiger partial charge in [-0.25, -0.2) is 0 Å². The molecule has 1 saturated heterocycles. The number of morpholine rings is 1. The maximum Gasteiger partial charge on any atom is 0.255 e. The Labute approximate surface area is 141 Å². The molecule has 0 spiro atoms. The van der Waals surface area contributed by atoms with E-state index in [1.54, 1.807) is 24.3 Å². The fourth-order valence-electron chi connectivity index (χ4n) is 2.57. The summed E-state index contributed by atoms with van der Waals surface area (Å²) in [6, 6.07) is 14.8.